The summed E-state index contributed by atoms with van der Waals surface area (Å²) in [6.45, 7) is 1.56. The third kappa shape index (κ3) is 5.27. The van der Waals surface area contributed by atoms with E-state index in [0.29, 0.717) is 5.69 Å². The first-order valence-electron chi connectivity index (χ1n) is 5.60. The van der Waals surface area contributed by atoms with Crippen molar-refractivity contribution in [3.8, 4) is 0 Å². The van der Waals surface area contributed by atoms with Gasteiger partial charge in [-0.05, 0) is 30.7 Å². The number of hydrogen-bond acceptors (Lipinski definition) is 3. The number of anilines is 1. The number of urea groups is 1. The molecule has 0 aromatic heterocycles. The number of carbonyl (C=O) groups excluding carboxylic acids is 1. The number of rotatable bonds is 5. The molecule has 0 aliphatic rings. The molecule has 0 radical (unpaired) electrons. The highest BCUT2D eigenvalue weighted by Crippen LogP contribution is 2.18. The van der Waals surface area contributed by atoms with Crippen LogP contribution in [0.3, 0.4) is 0 Å². The number of aliphatic carboxylic acids is 1. The maximum atomic E-state index is 11.6. The molecule has 0 aliphatic carbocycles. The molecule has 1 aromatic carbocycles. The molecule has 0 unspecified atom stereocenters. The van der Waals surface area contributed by atoms with Gasteiger partial charge in [-0.15, -0.1) is 0 Å². The molecule has 0 fully saturated rings. The SMILES string of the molecule is Cc1cc(Br)cc(NC(=O)N[C@H](CCO)C(=O)O)c1. The summed E-state index contributed by atoms with van der Waals surface area (Å²) < 4.78 is 0.813. The fraction of sp³-hybridized carbons (Fsp3) is 0.333. The Labute approximate surface area is 118 Å². The monoisotopic (exact) mass is 330 g/mol. The lowest BCUT2D eigenvalue weighted by atomic mass is 10.2. The lowest BCUT2D eigenvalue weighted by Crippen LogP contribution is -2.43. The Bertz CT molecular complexity index is 459. The molecular formula is C12H15BrN2O4. The summed E-state index contributed by atoms with van der Waals surface area (Å²) in [5, 5.41) is 22.4. The van der Waals surface area contributed by atoms with Crippen molar-refractivity contribution >= 4 is 33.6 Å². The quantitative estimate of drug-likeness (QED) is 0.660. The van der Waals surface area contributed by atoms with Crippen LogP contribution in [0.5, 0.6) is 0 Å². The van der Waals surface area contributed by atoms with Crippen LogP contribution in [-0.2, 0) is 4.79 Å². The zero-order chi connectivity index (χ0) is 14.4. The Balaban J connectivity index is 2.66. The number of benzene rings is 1. The molecule has 7 heteroatoms. The van der Waals surface area contributed by atoms with Gasteiger partial charge < -0.3 is 20.8 Å². The number of aliphatic hydroxyl groups excluding tert-OH is 1. The van der Waals surface area contributed by atoms with Gasteiger partial charge in [0.25, 0.3) is 0 Å². The van der Waals surface area contributed by atoms with Gasteiger partial charge >= 0.3 is 12.0 Å². The topological polar surface area (TPSA) is 98.7 Å². The van der Waals surface area contributed by atoms with Gasteiger partial charge in [-0.25, -0.2) is 9.59 Å². The van der Waals surface area contributed by atoms with Crippen molar-refractivity contribution in [3.05, 3.63) is 28.2 Å². The smallest absolute Gasteiger partial charge is 0.326 e. The molecule has 0 saturated carbocycles. The number of carboxylic acid groups (broad SMARTS) is 1. The van der Waals surface area contributed by atoms with Gasteiger partial charge in [0, 0.05) is 23.2 Å². The first kappa shape index (κ1) is 15.5. The number of aliphatic hydroxyl groups is 1. The van der Waals surface area contributed by atoms with Crippen LogP contribution in [-0.4, -0.2) is 34.9 Å². The molecule has 104 valence electrons. The average Bonchev–Trinajstić information content (AvgIpc) is 2.26. The minimum atomic E-state index is -1.19. The van der Waals surface area contributed by atoms with E-state index < -0.39 is 18.0 Å². The molecule has 19 heavy (non-hydrogen) atoms. The zero-order valence-corrected chi connectivity index (χ0v) is 11.9. The van der Waals surface area contributed by atoms with Crippen molar-refractivity contribution in [2.24, 2.45) is 0 Å². The third-order valence-electron chi connectivity index (χ3n) is 2.32. The first-order chi connectivity index (χ1) is 8.92. The highest BCUT2D eigenvalue weighted by Gasteiger charge is 2.19. The Morgan fingerprint density at radius 3 is 2.58 bits per heavy atom. The summed E-state index contributed by atoms with van der Waals surface area (Å²) in [4.78, 5) is 22.5. The second-order valence-corrected chi connectivity index (χ2v) is 4.93. The fourth-order valence-corrected chi connectivity index (χ4v) is 2.13. The highest BCUT2D eigenvalue weighted by atomic mass is 79.9. The predicted octanol–water partition coefficient (Wildman–Crippen LogP) is 1.71. The van der Waals surface area contributed by atoms with E-state index in [4.69, 9.17) is 10.2 Å². The lowest BCUT2D eigenvalue weighted by Gasteiger charge is -2.14. The van der Waals surface area contributed by atoms with Crippen molar-refractivity contribution in [1.29, 1.82) is 0 Å². The molecule has 1 aromatic rings. The Hall–Kier alpha value is -1.60. The summed E-state index contributed by atoms with van der Waals surface area (Å²) in [6.07, 6.45) is -0.0414. The van der Waals surface area contributed by atoms with Crippen LogP contribution in [0.15, 0.2) is 22.7 Å². The number of aryl methyl sites for hydroxylation is 1. The van der Waals surface area contributed by atoms with Crippen LogP contribution in [0.4, 0.5) is 10.5 Å². The summed E-state index contributed by atoms with van der Waals surface area (Å²) in [6, 6.07) is 3.60. The van der Waals surface area contributed by atoms with E-state index in [1.165, 1.54) is 0 Å². The van der Waals surface area contributed by atoms with E-state index in [1.807, 2.05) is 13.0 Å². The second-order valence-electron chi connectivity index (χ2n) is 4.02. The van der Waals surface area contributed by atoms with Crippen molar-refractivity contribution in [3.63, 3.8) is 0 Å². The van der Waals surface area contributed by atoms with Gasteiger partial charge in [0.2, 0.25) is 0 Å². The van der Waals surface area contributed by atoms with Gasteiger partial charge in [0.1, 0.15) is 6.04 Å². The molecule has 4 N–H and O–H groups in total. The third-order valence-corrected chi connectivity index (χ3v) is 2.78. The maximum Gasteiger partial charge on any atom is 0.326 e. The maximum absolute atomic E-state index is 11.6. The van der Waals surface area contributed by atoms with E-state index in [9.17, 15) is 9.59 Å². The minimum Gasteiger partial charge on any atom is -0.480 e. The Morgan fingerprint density at radius 2 is 2.05 bits per heavy atom. The van der Waals surface area contributed by atoms with Gasteiger partial charge in [-0.3, -0.25) is 0 Å². The van der Waals surface area contributed by atoms with Crippen LogP contribution in [0.25, 0.3) is 0 Å². The molecule has 0 spiro atoms. The van der Waals surface area contributed by atoms with Crippen LogP contribution in [0.1, 0.15) is 12.0 Å². The molecule has 2 amide bonds. The molecule has 0 saturated heterocycles. The molecule has 0 heterocycles. The first-order valence-corrected chi connectivity index (χ1v) is 6.40. The van der Waals surface area contributed by atoms with E-state index in [2.05, 4.69) is 26.6 Å². The molecule has 0 bridgehead atoms. The van der Waals surface area contributed by atoms with Crippen LogP contribution in [0.2, 0.25) is 0 Å². The highest BCUT2D eigenvalue weighted by molar-refractivity contribution is 9.10. The predicted molar refractivity (Wildman–Crippen MR) is 74.2 cm³/mol. The zero-order valence-electron chi connectivity index (χ0n) is 10.3. The van der Waals surface area contributed by atoms with Gasteiger partial charge in [0.05, 0.1) is 0 Å². The van der Waals surface area contributed by atoms with Crippen LogP contribution in [0, 0.1) is 6.92 Å². The molecule has 1 atom stereocenters. The van der Waals surface area contributed by atoms with Gasteiger partial charge in [-0.2, -0.15) is 0 Å². The number of amides is 2. The molecule has 0 aliphatic heterocycles. The number of carboxylic acids is 1. The Morgan fingerprint density at radius 1 is 1.37 bits per heavy atom. The van der Waals surface area contributed by atoms with Crippen molar-refractivity contribution in [1.82, 2.24) is 5.32 Å². The standard InChI is InChI=1S/C12H15BrN2O4/c1-7-4-8(13)6-9(5-7)14-12(19)15-10(2-3-16)11(17)18/h4-6,10,16H,2-3H2,1H3,(H,17,18)(H2,14,15,19)/t10-/m1/s1. The van der Waals surface area contributed by atoms with Crippen molar-refractivity contribution in [2.75, 3.05) is 11.9 Å². The summed E-state index contributed by atoms with van der Waals surface area (Å²) in [5.41, 5.74) is 1.51. The molecule has 1 rings (SSSR count). The van der Waals surface area contributed by atoms with E-state index in [0.717, 1.165) is 10.0 Å². The molecule has 6 nitrogen and oxygen atoms in total. The number of carbonyl (C=O) groups is 2. The fourth-order valence-electron chi connectivity index (χ4n) is 1.52. The van der Waals surface area contributed by atoms with Crippen molar-refractivity contribution < 1.29 is 19.8 Å². The summed E-state index contributed by atoms with van der Waals surface area (Å²) in [7, 11) is 0. The summed E-state index contributed by atoms with van der Waals surface area (Å²) in [5.74, 6) is -1.19. The minimum absolute atomic E-state index is 0.0414. The van der Waals surface area contributed by atoms with E-state index >= 15 is 0 Å². The largest absolute Gasteiger partial charge is 0.480 e. The van der Waals surface area contributed by atoms with Crippen LogP contribution < -0.4 is 10.6 Å². The number of halogens is 1. The van der Waals surface area contributed by atoms with E-state index in [-0.39, 0.29) is 13.0 Å². The molecular weight excluding hydrogens is 316 g/mol. The average molecular weight is 331 g/mol. The number of nitrogens with one attached hydrogen (secondary N) is 2. The number of hydrogen-bond donors (Lipinski definition) is 4. The normalized spacial score (nSPS) is 11.7. The van der Waals surface area contributed by atoms with E-state index in [1.54, 1.807) is 12.1 Å². The van der Waals surface area contributed by atoms with Crippen LogP contribution >= 0.6 is 15.9 Å². The van der Waals surface area contributed by atoms with Crippen molar-refractivity contribution in [2.45, 2.75) is 19.4 Å². The second kappa shape index (κ2) is 7.10. The van der Waals surface area contributed by atoms with Gasteiger partial charge in [-0.1, -0.05) is 15.9 Å². The summed E-state index contributed by atoms with van der Waals surface area (Å²) >= 11 is 3.30. The lowest BCUT2D eigenvalue weighted by molar-refractivity contribution is -0.139. The van der Waals surface area contributed by atoms with Gasteiger partial charge in [0.15, 0.2) is 0 Å². The Kier molecular flexibility index (Phi) is 5.78.